The highest BCUT2D eigenvalue weighted by Gasteiger charge is 2.19. The predicted molar refractivity (Wildman–Crippen MR) is 242 cm³/mol. The predicted octanol–water partition coefficient (Wildman–Crippen LogP) is 15.1. The normalized spacial score (nSPS) is 12.7. The van der Waals surface area contributed by atoms with Crippen molar-refractivity contribution < 1.29 is 28.6 Å². The Hall–Kier alpha value is -3.15. The van der Waals surface area contributed by atoms with Crippen LogP contribution in [-0.2, 0) is 28.6 Å². The maximum absolute atomic E-state index is 12.7. The molecule has 1 unspecified atom stereocenters. The molecule has 0 heterocycles. The van der Waals surface area contributed by atoms with Gasteiger partial charge in [-0.3, -0.25) is 14.4 Å². The maximum Gasteiger partial charge on any atom is 0.306 e. The first-order valence-corrected chi connectivity index (χ1v) is 23.4. The Morgan fingerprint density at radius 3 is 1.16 bits per heavy atom. The molecule has 0 saturated heterocycles. The first kappa shape index (κ1) is 53.9. The third kappa shape index (κ3) is 43.8. The van der Waals surface area contributed by atoms with Gasteiger partial charge in [0.2, 0.25) is 0 Å². The van der Waals surface area contributed by atoms with Crippen LogP contribution in [0.3, 0.4) is 0 Å². The van der Waals surface area contributed by atoms with Gasteiger partial charge in [0.1, 0.15) is 13.2 Å². The van der Waals surface area contributed by atoms with Crippen molar-refractivity contribution in [3.8, 4) is 0 Å². The molecule has 0 aliphatic rings. The molecular formula is C51H86O6. The second kappa shape index (κ2) is 45.6. The summed E-state index contributed by atoms with van der Waals surface area (Å²) < 4.78 is 16.6. The molecule has 0 bridgehead atoms. The van der Waals surface area contributed by atoms with Crippen LogP contribution < -0.4 is 0 Å². The summed E-state index contributed by atoms with van der Waals surface area (Å²) in [6.07, 6.45) is 56.1. The van der Waals surface area contributed by atoms with E-state index in [1.165, 1.54) is 77.0 Å². The second-order valence-corrected chi connectivity index (χ2v) is 15.3. The molecule has 0 spiro atoms. The summed E-state index contributed by atoms with van der Waals surface area (Å²) in [5.74, 6) is -1.01. The van der Waals surface area contributed by atoms with Crippen molar-refractivity contribution in [2.75, 3.05) is 13.2 Å². The number of rotatable bonds is 41. The number of carbonyl (C=O) groups excluding carboxylic acids is 3. The molecule has 57 heavy (non-hydrogen) atoms. The molecule has 0 fully saturated rings. The van der Waals surface area contributed by atoms with Gasteiger partial charge in [-0.05, 0) is 77.0 Å². The van der Waals surface area contributed by atoms with Crippen molar-refractivity contribution in [1.82, 2.24) is 0 Å². The topological polar surface area (TPSA) is 78.9 Å². The molecule has 0 N–H and O–H groups in total. The van der Waals surface area contributed by atoms with Crippen LogP contribution in [0.5, 0.6) is 0 Å². The highest BCUT2D eigenvalue weighted by Crippen LogP contribution is 2.13. The monoisotopic (exact) mass is 795 g/mol. The number of unbranched alkanes of at least 4 members (excludes halogenated alkanes) is 18. The standard InChI is InChI=1S/C51H86O6/c1-4-7-10-13-16-19-22-24-25-26-28-29-32-35-38-41-44-50(53)56-47-48(46-55-49(52)43-40-37-34-31-21-18-15-12-9-6-3)57-51(54)45-42-39-36-33-30-27-23-20-17-14-11-8-5-2/h8,11,17,19-20,22,25-27,30,36,39,48H,4-7,9-10,12-16,18,21,23-24,28-29,31-35,37-38,40-47H2,1-3H3/b11-8-,20-17-,22-19-,26-25-,30-27-,39-36-. The van der Waals surface area contributed by atoms with Crippen molar-refractivity contribution in [2.24, 2.45) is 0 Å². The highest BCUT2D eigenvalue weighted by molar-refractivity contribution is 5.71. The van der Waals surface area contributed by atoms with Crippen LogP contribution in [0, 0.1) is 0 Å². The fourth-order valence-electron chi connectivity index (χ4n) is 6.19. The third-order valence-electron chi connectivity index (χ3n) is 9.71. The Balaban J connectivity index is 4.48. The van der Waals surface area contributed by atoms with Gasteiger partial charge >= 0.3 is 17.9 Å². The average Bonchev–Trinajstić information content (AvgIpc) is 3.21. The van der Waals surface area contributed by atoms with Crippen LogP contribution in [0.4, 0.5) is 0 Å². The van der Waals surface area contributed by atoms with Crippen molar-refractivity contribution in [3.05, 3.63) is 72.9 Å². The van der Waals surface area contributed by atoms with Crippen LogP contribution in [0.15, 0.2) is 72.9 Å². The summed E-state index contributed by atoms with van der Waals surface area (Å²) in [7, 11) is 0. The number of esters is 3. The maximum atomic E-state index is 12.7. The van der Waals surface area contributed by atoms with Crippen molar-refractivity contribution in [2.45, 2.75) is 219 Å². The van der Waals surface area contributed by atoms with Gasteiger partial charge in [-0.15, -0.1) is 0 Å². The third-order valence-corrected chi connectivity index (χ3v) is 9.71. The van der Waals surface area contributed by atoms with Crippen LogP contribution in [0.2, 0.25) is 0 Å². The first-order chi connectivity index (χ1) is 28.0. The fourth-order valence-corrected chi connectivity index (χ4v) is 6.19. The van der Waals surface area contributed by atoms with Gasteiger partial charge in [-0.1, -0.05) is 190 Å². The number of hydrogen-bond acceptors (Lipinski definition) is 6. The summed E-state index contributed by atoms with van der Waals surface area (Å²) in [5, 5.41) is 0. The Morgan fingerprint density at radius 1 is 0.368 bits per heavy atom. The van der Waals surface area contributed by atoms with Gasteiger partial charge in [0.15, 0.2) is 6.10 Å². The molecule has 326 valence electrons. The Labute approximate surface area is 351 Å². The zero-order valence-electron chi connectivity index (χ0n) is 37.1. The molecule has 1 atom stereocenters. The molecule has 0 aromatic heterocycles. The van der Waals surface area contributed by atoms with E-state index in [1.54, 1.807) is 0 Å². The fraction of sp³-hybridized carbons (Fsp3) is 0.706. The summed E-state index contributed by atoms with van der Waals surface area (Å²) in [4.78, 5) is 37.7. The minimum Gasteiger partial charge on any atom is -0.462 e. The van der Waals surface area contributed by atoms with E-state index in [-0.39, 0.29) is 31.6 Å². The van der Waals surface area contributed by atoms with E-state index in [4.69, 9.17) is 14.2 Å². The second-order valence-electron chi connectivity index (χ2n) is 15.3. The smallest absolute Gasteiger partial charge is 0.306 e. The minimum atomic E-state index is -0.815. The van der Waals surface area contributed by atoms with Crippen LogP contribution in [0.25, 0.3) is 0 Å². The van der Waals surface area contributed by atoms with Crippen molar-refractivity contribution in [3.63, 3.8) is 0 Å². The largest absolute Gasteiger partial charge is 0.462 e. The molecule has 0 rings (SSSR count). The van der Waals surface area contributed by atoms with Crippen LogP contribution in [0.1, 0.15) is 213 Å². The van der Waals surface area contributed by atoms with E-state index in [0.717, 1.165) is 89.9 Å². The molecule has 0 radical (unpaired) electrons. The van der Waals surface area contributed by atoms with Crippen molar-refractivity contribution in [1.29, 1.82) is 0 Å². The van der Waals surface area contributed by atoms with Crippen LogP contribution in [-0.4, -0.2) is 37.2 Å². The van der Waals surface area contributed by atoms with Gasteiger partial charge in [0.05, 0.1) is 0 Å². The first-order valence-electron chi connectivity index (χ1n) is 23.4. The molecular weight excluding hydrogens is 709 g/mol. The van der Waals surface area contributed by atoms with Gasteiger partial charge in [-0.2, -0.15) is 0 Å². The molecule has 0 aliphatic heterocycles. The van der Waals surface area contributed by atoms with Gasteiger partial charge in [0, 0.05) is 19.3 Å². The SMILES string of the molecule is CC/C=C\C/C=C\C/C=C\C/C=C\CCC(=O)OC(COC(=O)CCCCCCC/C=C\C/C=C\CCCCCC)COC(=O)CCCCCCCCCCCC. The molecule has 0 aromatic carbocycles. The number of hydrogen-bond donors (Lipinski definition) is 0. The molecule has 6 heteroatoms. The van der Waals surface area contributed by atoms with Gasteiger partial charge < -0.3 is 14.2 Å². The average molecular weight is 795 g/mol. The zero-order valence-corrected chi connectivity index (χ0v) is 37.1. The van der Waals surface area contributed by atoms with Crippen LogP contribution >= 0.6 is 0 Å². The summed E-state index contributed by atoms with van der Waals surface area (Å²) in [6, 6.07) is 0. The van der Waals surface area contributed by atoms with E-state index in [9.17, 15) is 14.4 Å². The van der Waals surface area contributed by atoms with E-state index >= 15 is 0 Å². The number of ether oxygens (including phenoxy) is 3. The molecule has 0 saturated carbocycles. The van der Waals surface area contributed by atoms with Gasteiger partial charge in [0.25, 0.3) is 0 Å². The summed E-state index contributed by atoms with van der Waals surface area (Å²) in [5.41, 5.74) is 0. The van der Waals surface area contributed by atoms with E-state index in [0.29, 0.717) is 19.3 Å². The molecule has 6 nitrogen and oxygen atoms in total. The summed E-state index contributed by atoms with van der Waals surface area (Å²) >= 11 is 0. The lowest BCUT2D eigenvalue weighted by atomic mass is 10.1. The lowest BCUT2D eigenvalue weighted by Crippen LogP contribution is -2.30. The lowest BCUT2D eigenvalue weighted by Gasteiger charge is -2.18. The quantitative estimate of drug-likeness (QED) is 0.0265. The minimum absolute atomic E-state index is 0.108. The number of allylic oxidation sites excluding steroid dienone is 12. The van der Waals surface area contributed by atoms with E-state index in [2.05, 4.69) is 81.5 Å². The Bertz CT molecular complexity index is 1100. The Kier molecular flexibility index (Phi) is 43.0. The number of carbonyl (C=O) groups is 3. The zero-order chi connectivity index (χ0) is 41.5. The van der Waals surface area contributed by atoms with Gasteiger partial charge in [-0.25, -0.2) is 0 Å². The highest BCUT2D eigenvalue weighted by atomic mass is 16.6. The van der Waals surface area contributed by atoms with Crippen molar-refractivity contribution >= 4 is 17.9 Å². The van der Waals surface area contributed by atoms with E-state index in [1.807, 2.05) is 12.2 Å². The van der Waals surface area contributed by atoms with E-state index < -0.39 is 12.1 Å². The molecule has 0 amide bonds. The lowest BCUT2D eigenvalue weighted by molar-refractivity contribution is -0.166. The Morgan fingerprint density at radius 2 is 0.719 bits per heavy atom. The molecule has 0 aliphatic carbocycles. The molecule has 0 aromatic rings. The summed E-state index contributed by atoms with van der Waals surface area (Å²) in [6.45, 7) is 6.40.